The van der Waals surface area contributed by atoms with Gasteiger partial charge >= 0.3 is 5.97 Å². The fraction of sp³-hybridized carbons (Fsp3) is 0.444. The van der Waals surface area contributed by atoms with E-state index in [4.69, 9.17) is 10.5 Å². The van der Waals surface area contributed by atoms with Gasteiger partial charge in [0, 0.05) is 108 Å². The summed E-state index contributed by atoms with van der Waals surface area (Å²) in [5.74, 6) is -7.43. The van der Waals surface area contributed by atoms with Crippen LogP contribution in [0.15, 0.2) is 107 Å². The molecule has 2 aromatic heterocycles. The molecule has 0 radical (unpaired) electrons. The van der Waals surface area contributed by atoms with Crippen LogP contribution in [0.25, 0.3) is 21.8 Å². The molecule has 0 spiro atoms. The van der Waals surface area contributed by atoms with Crippen molar-refractivity contribution < 1.29 is 66.6 Å². The molecule has 5 heterocycles. The number of thioether (sulfide) groups is 2. The van der Waals surface area contributed by atoms with Gasteiger partial charge in [-0.1, -0.05) is 49.7 Å². The summed E-state index contributed by atoms with van der Waals surface area (Å²) in [6.07, 6.45) is 4.26. The normalized spacial score (nSPS) is 23.2. The first-order valence-corrected chi connectivity index (χ1v) is 36.5. The Labute approximate surface area is 597 Å². The molecule has 1 fully saturated rings. The quantitative estimate of drug-likeness (QED) is 0.0551. The summed E-state index contributed by atoms with van der Waals surface area (Å²) >= 11 is 3.13. The second kappa shape index (κ2) is 36.8. The number of ether oxygens (including phenoxy) is 1. The van der Waals surface area contributed by atoms with Gasteiger partial charge in [-0.05, 0) is 128 Å². The van der Waals surface area contributed by atoms with Crippen LogP contribution >= 0.6 is 23.5 Å². The first kappa shape index (κ1) is 76.5. The molecule has 26 nitrogen and oxygen atoms in total. The highest BCUT2D eigenvalue weighted by Gasteiger charge is 2.48. The first-order valence-electron chi connectivity index (χ1n) is 34.2. The van der Waals surface area contributed by atoms with Crippen molar-refractivity contribution in [3.05, 3.63) is 137 Å². The highest BCUT2D eigenvalue weighted by atomic mass is 32.2. The molecule has 544 valence electrons. The number of aromatic nitrogens is 2. The lowest BCUT2D eigenvalue weighted by atomic mass is 9.95. The van der Waals surface area contributed by atoms with Crippen molar-refractivity contribution in [2.75, 3.05) is 44.8 Å². The Morgan fingerprint density at radius 1 is 0.657 bits per heavy atom. The van der Waals surface area contributed by atoms with Gasteiger partial charge in [0.2, 0.25) is 53.2 Å². The van der Waals surface area contributed by atoms with Gasteiger partial charge in [0.1, 0.15) is 71.6 Å². The molecular weight excluding hydrogens is 1360 g/mol. The maximum Gasteiger partial charge on any atom is 0.305 e. The zero-order valence-electron chi connectivity index (χ0n) is 57.1. The molecule has 9 amide bonds. The molecule has 3 aliphatic heterocycles. The molecule has 102 heavy (non-hydrogen) atoms. The van der Waals surface area contributed by atoms with Crippen LogP contribution in [-0.2, 0) is 78.7 Å². The average Bonchev–Trinajstić information content (AvgIpc) is 1.61. The number of carboxylic acids is 1. The number of rotatable bonds is 17. The fourth-order valence-corrected chi connectivity index (χ4v) is 14.4. The Balaban J connectivity index is 1.07. The molecule has 13 N–H and O–H groups in total. The fourth-order valence-electron chi connectivity index (χ4n) is 12.7. The lowest BCUT2D eigenvalue weighted by Crippen LogP contribution is -2.62. The monoisotopic (exact) mass is 1440 g/mol. The highest BCUT2D eigenvalue weighted by Crippen LogP contribution is 2.32. The number of methoxy groups -OCH3 is 1. The van der Waals surface area contributed by atoms with Crippen LogP contribution in [0.5, 0.6) is 5.75 Å². The van der Waals surface area contributed by atoms with Crippen LogP contribution in [0.3, 0.4) is 0 Å². The summed E-state index contributed by atoms with van der Waals surface area (Å²) in [6.45, 7) is 4.19. The smallest absolute Gasteiger partial charge is 0.305 e. The number of nitrogens with zero attached hydrogens (tertiary/aromatic N) is 3. The molecule has 8 atom stereocenters. The summed E-state index contributed by atoms with van der Waals surface area (Å²) in [7, 11) is 1.49. The van der Waals surface area contributed by atoms with Crippen molar-refractivity contribution in [3.63, 3.8) is 0 Å². The van der Waals surface area contributed by atoms with Gasteiger partial charge in [-0.15, -0.1) is 0 Å². The van der Waals surface area contributed by atoms with Gasteiger partial charge in [0.15, 0.2) is 0 Å². The SMILES string of the molecule is CCC[C@H]1NC(=O)[C@H](CCCCN)NC(=O)CCSCc2cccc(c2)CSCCNC(=O)[C@]2(C)CCCN2C(=O)[C@H](Cc2ccc(OC)cc2)NC(=O)[C@H](CC2=NC=NC2)NC(=O)[C@H](CC(=O)O)NC(=O)[C@H](Cc2c[nH]c3ccc(F)cc23)NC(=O)[C@H](Cc2c[nH]c3ccc(F)cc23)NC1=O. The lowest BCUT2D eigenvalue weighted by Gasteiger charge is -2.36. The molecule has 3 aliphatic rings. The Kier molecular flexibility index (Phi) is 27.6. The number of fused-ring (bicyclic) bond motifs is 5. The van der Waals surface area contributed by atoms with E-state index in [1.807, 2.05) is 18.2 Å². The number of carboxylic acid groups (broad SMARTS) is 1. The van der Waals surface area contributed by atoms with Crippen LogP contribution in [0, 0.1) is 11.6 Å². The number of amides is 9. The molecule has 30 heteroatoms. The first-order chi connectivity index (χ1) is 49.1. The van der Waals surface area contributed by atoms with E-state index in [1.165, 1.54) is 78.9 Å². The van der Waals surface area contributed by atoms with E-state index in [9.17, 15) is 38.3 Å². The van der Waals surface area contributed by atoms with Gasteiger partial charge in [-0.25, -0.2) is 13.8 Å². The predicted octanol–water partition coefficient (Wildman–Crippen LogP) is 4.70. The standard InChI is InChI=1S/C72H88F2N14O12S2/c1-4-9-55-64(92)83-57(30-45-36-78-53-19-15-47(73)32-51(45)53)66(94)84-58(31-46-37-79-54-20-16-48(74)33-52(46)54)67(95)86-60(35-63(90)91)69(97)85-59(34-49-38-76-41-80-49)68(96)87-61(29-42-13-17-50(100-3)18-14-42)70(98)88-25-8-22-72(88,2)71(99)77-24-27-102-40-44-11-7-10-43(28-44)39-101-26-21-62(89)81-56(65(93)82-55)12-5-6-23-75/h7,10-11,13-20,28,32-33,36-37,41,55-61,78-79H,4-6,8-9,12,21-27,29-31,34-35,38-40,75H2,1-3H3,(H,77,99)(H,81,89)(H,82,93)(H,83,92)(H,84,94)(H,85,97)(H,86,95)(H,87,96)(H,90,91)/t55-,56+,57+,58+,59+,60+,61+,72+/m1/s1. The van der Waals surface area contributed by atoms with Gasteiger partial charge in [0.25, 0.3) is 0 Å². The number of nitrogens with one attached hydrogen (secondary N) is 10. The molecule has 4 aromatic carbocycles. The molecule has 0 aliphatic carbocycles. The van der Waals surface area contributed by atoms with Crippen molar-refractivity contribution in [3.8, 4) is 5.75 Å². The molecule has 6 aromatic rings. The minimum Gasteiger partial charge on any atom is -0.497 e. The number of aliphatic carboxylic acids is 1. The number of carbonyl (C=O) groups excluding carboxylic acids is 9. The number of hydrogen-bond acceptors (Lipinski definition) is 16. The second-order valence-electron chi connectivity index (χ2n) is 25.8. The predicted molar refractivity (Wildman–Crippen MR) is 385 cm³/mol. The molecule has 1 saturated heterocycles. The molecule has 0 saturated carbocycles. The average molecular weight is 1440 g/mol. The molecular formula is C72H88F2N14O12S2. The van der Waals surface area contributed by atoms with Crippen molar-refractivity contribution >= 4 is 117 Å². The largest absolute Gasteiger partial charge is 0.497 e. The zero-order valence-corrected chi connectivity index (χ0v) is 58.8. The van der Waals surface area contributed by atoms with E-state index in [1.54, 1.807) is 49.9 Å². The van der Waals surface area contributed by atoms with Crippen LogP contribution < -0.4 is 53.0 Å². The van der Waals surface area contributed by atoms with E-state index in [0.29, 0.717) is 101 Å². The second-order valence-corrected chi connectivity index (χ2v) is 28.0. The number of unbranched alkanes of at least 4 members (excludes halogenated alkanes) is 1. The Bertz CT molecular complexity index is 4080. The number of hydrogen-bond donors (Lipinski definition) is 12. The van der Waals surface area contributed by atoms with E-state index in [0.717, 1.165) is 11.1 Å². The third-order valence-corrected chi connectivity index (χ3v) is 20.3. The summed E-state index contributed by atoms with van der Waals surface area (Å²) in [6, 6.07) is 11.8. The summed E-state index contributed by atoms with van der Waals surface area (Å²) in [5, 5.41) is 33.1. The lowest BCUT2D eigenvalue weighted by molar-refractivity contribution is -0.146. The third-order valence-electron chi connectivity index (χ3n) is 18.2. The Morgan fingerprint density at radius 2 is 1.21 bits per heavy atom. The van der Waals surface area contributed by atoms with E-state index in [-0.39, 0.29) is 69.1 Å². The number of H-pyrrole nitrogens is 2. The molecule has 0 unspecified atom stereocenters. The van der Waals surface area contributed by atoms with E-state index >= 15 is 23.6 Å². The van der Waals surface area contributed by atoms with Gasteiger partial charge in [-0.2, -0.15) is 23.5 Å². The number of aromatic amines is 2. The van der Waals surface area contributed by atoms with E-state index < -0.39 is 131 Å². The van der Waals surface area contributed by atoms with Gasteiger partial charge < -0.3 is 73.0 Å². The van der Waals surface area contributed by atoms with Crippen LogP contribution in [0.1, 0.15) is 106 Å². The van der Waals surface area contributed by atoms with Crippen molar-refractivity contribution in [2.24, 2.45) is 15.7 Å². The Hall–Kier alpha value is -9.68. The maximum atomic E-state index is 15.3. The zero-order chi connectivity index (χ0) is 72.9. The minimum atomic E-state index is -2.00. The van der Waals surface area contributed by atoms with Crippen LogP contribution in [-0.4, -0.2) is 184 Å². The van der Waals surface area contributed by atoms with Crippen LogP contribution in [0.2, 0.25) is 0 Å². The van der Waals surface area contributed by atoms with E-state index in [2.05, 4.69) is 68.6 Å². The number of nitrogens with two attached hydrogens (primary N) is 1. The highest BCUT2D eigenvalue weighted by molar-refractivity contribution is 7.98. The Morgan fingerprint density at radius 3 is 1.77 bits per heavy atom. The maximum absolute atomic E-state index is 15.3. The number of halogens is 2. The summed E-state index contributed by atoms with van der Waals surface area (Å²) in [4.78, 5) is 162. The topological polar surface area (TPSA) is 382 Å². The number of aliphatic imine (C=N–C) groups is 2. The summed E-state index contributed by atoms with van der Waals surface area (Å²) < 4.78 is 35.4. The van der Waals surface area contributed by atoms with Crippen LogP contribution in [0.4, 0.5) is 8.78 Å². The molecule has 2 bridgehead atoms. The third kappa shape index (κ3) is 21.0. The number of benzene rings is 4. The van der Waals surface area contributed by atoms with Gasteiger partial charge in [0.05, 0.1) is 20.1 Å². The number of carbonyl (C=O) groups is 10. The molecule has 9 rings (SSSR count). The van der Waals surface area contributed by atoms with Crippen molar-refractivity contribution in [1.29, 1.82) is 0 Å². The van der Waals surface area contributed by atoms with Crippen molar-refractivity contribution in [1.82, 2.24) is 57.4 Å². The van der Waals surface area contributed by atoms with Crippen molar-refractivity contribution in [2.45, 2.75) is 157 Å². The van der Waals surface area contributed by atoms with Gasteiger partial charge in [-0.3, -0.25) is 52.9 Å². The minimum absolute atomic E-state index is 0.0106. The summed E-state index contributed by atoms with van der Waals surface area (Å²) in [5.41, 5.74) is 8.96.